The molecular weight excluding hydrogens is 370 g/mol. The largest absolute Gasteiger partial charge is 0.493 e. The Morgan fingerprint density at radius 3 is 2.03 bits per heavy atom. The highest BCUT2D eigenvalue weighted by Gasteiger charge is 2.28. The number of hydrogen-bond acceptors (Lipinski definition) is 6. The standard InChI is InChI=1S/C22H25N3O4/c1-27-19-13-17(14-20(28-2)21(19)29-3)22(26)25-11-9-24(10-12-25)18(15-23)16-7-5-4-6-8-16/h4-8,13-14,18H,9-12H2,1-3H3. The van der Waals surface area contributed by atoms with Crippen LogP contribution in [0.4, 0.5) is 0 Å². The van der Waals surface area contributed by atoms with Gasteiger partial charge in [0.1, 0.15) is 6.04 Å². The molecule has 0 bridgehead atoms. The maximum Gasteiger partial charge on any atom is 0.254 e. The van der Waals surface area contributed by atoms with E-state index in [9.17, 15) is 10.1 Å². The van der Waals surface area contributed by atoms with Crippen LogP contribution < -0.4 is 14.2 Å². The number of ether oxygens (including phenoxy) is 3. The number of carbonyl (C=O) groups is 1. The van der Waals surface area contributed by atoms with Gasteiger partial charge in [-0.05, 0) is 17.7 Å². The second-order valence-corrected chi connectivity index (χ2v) is 6.68. The highest BCUT2D eigenvalue weighted by atomic mass is 16.5. The van der Waals surface area contributed by atoms with Crippen molar-refractivity contribution in [1.82, 2.24) is 9.80 Å². The first-order valence-electron chi connectivity index (χ1n) is 9.40. The molecule has 3 rings (SSSR count). The maximum absolute atomic E-state index is 13.0. The van der Waals surface area contributed by atoms with Gasteiger partial charge in [0.05, 0.1) is 27.4 Å². The summed E-state index contributed by atoms with van der Waals surface area (Å²) in [6, 6.07) is 15.1. The molecule has 1 amide bonds. The van der Waals surface area contributed by atoms with Gasteiger partial charge in [-0.1, -0.05) is 30.3 Å². The molecule has 29 heavy (non-hydrogen) atoms. The van der Waals surface area contributed by atoms with Crippen molar-refractivity contribution in [3.63, 3.8) is 0 Å². The molecule has 0 aliphatic carbocycles. The van der Waals surface area contributed by atoms with E-state index in [4.69, 9.17) is 14.2 Å². The lowest BCUT2D eigenvalue weighted by atomic mass is 10.1. The van der Waals surface area contributed by atoms with Gasteiger partial charge in [0, 0.05) is 31.7 Å². The van der Waals surface area contributed by atoms with E-state index in [0.717, 1.165) is 5.56 Å². The van der Waals surface area contributed by atoms with Crippen molar-refractivity contribution < 1.29 is 19.0 Å². The molecule has 0 aromatic heterocycles. The lowest BCUT2D eigenvalue weighted by Crippen LogP contribution is -2.49. The Hall–Kier alpha value is -3.24. The highest BCUT2D eigenvalue weighted by molar-refractivity contribution is 5.95. The van der Waals surface area contributed by atoms with E-state index in [1.54, 1.807) is 17.0 Å². The molecule has 0 spiro atoms. The van der Waals surface area contributed by atoms with Crippen molar-refractivity contribution in [3.8, 4) is 23.3 Å². The molecule has 1 unspecified atom stereocenters. The fourth-order valence-electron chi connectivity index (χ4n) is 3.57. The summed E-state index contributed by atoms with van der Waals surface area (Å²) in [6.07, 6.45) is 0. The van der Waals surface area contributed by atoms with E-state index in [-0.39, 0.29) is 11.9 Å². The lowest BCUT2D eigenvalue weighted by molar-refractivity contribution is 0.0605. The second-order valence-electron chi connectivity index (χ2n) is 6.68. The topological polar surface area (TPSA) is 75.0 Å². The van der Waals surface area contributed by atoms with Crippen molar-refractivity contribution in [1.29, 1.82) is 5.26 Å². The lowest BCUT2D eigenvalue weighted by Gasteiger charge is -2.37. The van der Waals surface area contributed by atoms with Crippen LogP contribution in [-0.2, 0) is 0 Å². The number of piperazine rings is 1. The second kappa shape index (κ2) is 9.30. The summed E-state index contributed by atoms with van der Waals surface area (Å²) in [4.78, 5) is 16.9. The molecule has 1 heterocycles. The van der Waals surface area contributed by atoms with Crippen LogP contribution in [0.5, 0.6) is 17.2 Å². The molecule has 1 aliphatic heterocycles. The number of nitrogens with zero attached hydrogens (tertiary/aromatic N) is 3. The smallest absolute Gasteiger partial charge is 0.254 e. The molecule has 0 radical (unpaired) electrons. The van der Waals surface area contributed by atoms with Crippen molar-refractivity contribution >= 4 is 5.91 Å². The van der Waals surface area contributed by atoms with E-state index in [2.05, 4.69) is 11.0 Å². The molecule has 152 valence electrons. The van der Waals surface area contributed by atoms with Crippen LogP contribution >= 0.6 is 0 Å². The summed E-state index contributed by atoms with van der Waals surface area (Å²) in [5, 5.41) is 9.64. The molecule has 2 aromatic rings. The minimum Gasteiger partial charge on any atom is -0.493 e. The van der Waals surface area contributed by atoms with Crippen LogP contribution in [-0.4, -0.2) is 63.2 Å². The van der Waals surface area contributed by atoms with Crippen molar-refractivity contribution in [2.45, 2.75) is 6.04 Å². The predicted molar refractivity (Wildman–Crippen MR) is 108 cm³/mol. The maximum atomic E-state index is 13.0. The molecule has 1 aliphatic rings. The summed E-state index contributed by atoms with van der Waals surface area (Å²) >= 11 is 0. The number of nitriles is 1. The minimum absolute atomic E-state index is 0.0999. The Bertz CT molecular complexity index is 862. The summed E-state index contributed by atoms with van der Waals surface area (Å²) in [7, 11) is 4.57. The van der Waals surface area contributed by atoms with Gasteiger partial charge in [0.2, 0.25) is 5.75 Å². The van der Waals surface area contributed by atoms with Crippen LogP contribution in [0, 0.1) is 11.3 Å². The quantitative estimate of drug-likeness (QED) is 0.749. The first-order valence-corrected chi connectivity index (χ1v) is 9.40. The van der Waals surface area contributed by atoms with E-state index < -0.39 is 0 Å². The van der Waals surface area contributed by atoms with Crippen LogP contribution in [0.1, 0.15) is 22.0 Å². The third kappa shape index (κ3) is 4.28. The predicted octanol–water partition coefficient (Wildman–Crippen LogP) is 2.74. The van der Waals surface area contributed by atoms with Crippen LogP contribution in [0.3, 0.4) is 0 Å². The zero-order chi connectivity index (χ0) is 20.8. The summed E-state index contributed by atoms with van der Waals surface area (Å²) < 4.78 is 16.0. The van der Waals surface area contributed by atoms with Crippen LogP contribution in [0.15, 0.2) is 42.5 Å². The average molecular weight is 395 g/mol. The summed E-state index contributed by atoms with van der Waals surface area (Å²) in [5.41, 5.74) is 1.45. The summed E-state index contributed by atoms with van der Waals surface area (Å²) in [6.45, 7) is 2.34. The van der Waals surface area contributed by atoms with Crippen molar-refractivity contribution in [2.24, 2.45) is 0 Å². The van der Waals surface area contributed by atoms with Gasteiger partial charge < -0.3 is 19.1 Å². The zero-order valence-electron chi connectivity index (χ0n) is 16.9. The van der Waals surface area contributed by atoms with Crippen LogP contribution in [0.25, 0.3) is 0 Å². The molecule has 1 saturated heterocycles. The Balaban J connectivity index is 1.73. The van der Waals surface area contributed by atoms with Crippen molar-refractivity contribution in [2.75, 3.05) is 47.5 Å². The monoisotopic (exact) mass is 395 g/mol. The Morgan fingerprint density at radius 2 is 1.55 bits per heavy atom. The van der Waals surface area contributed by atoms with E-state index in [0.29, 0.717) is 49.0 Å². The molecule has 1 fully saturated rings. The molecule has 1 atom stereocenters. The number of methoxy groups -OCH3 is 3. The fourth-order valence-corrected chi connectivity index (χ4v) is 3.57. The average Bonchev–Trinajstić information content (AvgIpc) is 2.79. The Labute approximate surface area is 171 Å². The van der Waals surface area contributed by atoms with E-state index >= 15 is 0 Å². The Kier molecular flexibility index (Phi) is 6.57. The Morgan fingerprint density at radius 1 is 0.966 bits per heavy atom. The molecule has 2 aromatic carbocycles. The number of benzene rings is 2. The third-order valence-electron chi connectivity index (χ3n) is 5.12. The third-order valence-corrected chi connectivity index (χ3v) is 5.12. The van der Waals surface area contributed by atoms with Crippen LogP contribution in [0.2, 0.25) is 0 Å². The van der Waals surface area contributed by atoms with E-state index in [1.807, 2.05) is 30.3 Å². The summed E-state index contributed by atoms with van der Waals surface area (Å²) in [5.74, 6) is 1.25. The molecule has 0 saturated carbocycles. The highest BCUT2D eigenvalue weighted by Crippen LogP contribution is 2.38. The van der Waals surface area contributed by atoms with Crippen molar-refractivity contribution in [3.05, 3.63) is 53.6 Å². The van der Waals surface area contributed by atoms with Gasteiger partial charge in [-0.2, -0.15) is 5.26 Å². The van der Waals surface area contributed by atoms with Gasteiger partial charge in [-0.15, -0.1) is 0 Å². The SMILES string of the molecule is COc1cc(C(=O)N2CCN(C(C#N)c3ccccc3)CC2)cc(OC)c1OC. The van der Waals surface area contributed by atoms with Gasteiger partial charge in [-0.3, -0.25) is 9.69 Å². The zero-order valence-corrected chi connectivity index (χ0v) is 16.9. The number of hydrogen-bond donors (Lipinski definition) is 0. The van der Waals surface area contributed by atoms with Gasteiger partial charge in [0.15, 0.2) is 11.5 Å². The first kappa shape index (κ1) is 20.5. The number of rotatable bonds is 6. The molecule has 7 nitrogen and oxygen atoms in total. The fraction of sp³-hybridized carbons (Fsp3) is 0.364. The van der Waals surface area contributed by atoms with E-state index in [1.165, 1.54) is 21.3 Å². The number of carbonyl (C=O) groups excluding carboxylic acids is 1. The molecular formula is C22H25N3O4. The normalized spacial score (nSPS) is 15.3. The minimum atomic E-state index is -0.311. The van der Waals surface area contributed by atoms with Gasteiger partial charge in [-0.25, -0.2) is 0 Å². The first-order chi connectivity index (χ1) is 14.1. The van der Waals surface area contributed by atoms with Gasteiger partial charge >= 0.3 is 0 Å². The molecule has 7 heteroatoms. The van der Waals surface area contributed by atoms with Gasteiger partial charge in [0.25, 0.3) is 5.91 Å². The number of amides is 1. The molecule has 0 N–H and O–H groups in total.